The summed E-state index contributed by atoms with van der Waals surface area (Å²) in [5.74, 6) is 0. The molecule has 2 heterocycles. The quantitative estimate of drug-likeness (QED) is 0.203. The van der Waals surface area contributed by atoms with E-state index in [9.17, 15) is 0 Å². The van der Waals surface area contributed by atoms with E-state index in [4.69, 9.17) is 4.42 Å². The van der Waals surface area contributed by atoms with Crippen LogP contribution in [-0.4, -0.2) is 4.57 Å². The molecular formula is C42H28N2O. The molecule has 2 aromatic heterocycles. The van der Waals surface area contributed by atoms with Crippen molar-refractivity contribution in [3.8, 4) is 16.8 Å². The number of hydrogen-bond donors (Lipinski definition) is 0. The first-order valence-electron chi connectivity index (χ1n) is 15.3. The molecule has 0 aliphatic rings. The Balaban J connectivity index is 1.43. The van der Waals surface area contributed by atoms with Crippen molar-refractivity contribution in [2.45, 2.75) is 0 Å². The van der Waals surface area contributed by atoms with Crippen molar-refractivity contribution >= 4 is 60.8 Å². The lowest BCUT2D eigenvalue weighted by Crippen LogP contribution is -2.12. The van der Waals surface area contributed by atoms with Gasteiger partial charge in [-0.15, -0.1) is 0 Å². The van der Waals surface area contributed by atoms with Crippen LogP contribution < -0.4 is 4.90 Å². The Morgan fingerprint density at radius 3 is 1.87 bits per heavy atom. The standard InChI is InChI=1S/C42H28N2O/c1-4-14-29(15-5-1)30-26-37-34-20-10-12-22-38(34)44(32-18-8-3-9-19-32)42(37)39(27-30)43(31-16-6-2-7-17-31)33-24-25-41-36(28-33)35-21-11-13-23-40(35)45-41/h1-28H. The monoisotopic (exact) mass is 576 g/mol. The molecule has 0 atom stereocenters. The van der Waals surface area contributed by atoms with Gasteiger partial charge in [0.15, 0.2) is 0 Å². The van der Waals surface area contributed by atoms with Gasteiger partial charge < -0.3 is 13.9 Å². The summed E-state index contributed by atoms with van der Waals surface area (Å²) >= 11 is 0. The third kappa shape index (κ3) is 4.13. The SMILES string of the molecule is c1ccc(-c2cc(N(c3ccccc3)c3ccc4oc5ccccc5c4c3)c3c(c2)c2ccccc2n3-c2ccccc2)cc1. The van der Waals surface area contributed by atoms with Crippen molar-refractivity contribution in [3.63, 3.8) is 0 Å². The predicted molar refractivity (Wildman–Crippen MR) is 188 cm³/mol. The second-order valence-electron chi connectivity index (χ2n) is 11.4. The highest BCUT2D eigenvalue weighted by molar-refractivity contribution is 6.16. The summed E-state index contributed by atoms with van der Waals surface area (Å²) < 4.78 is 8.65. The van der Waals surface area contributed by atoms with Crippen molar-refractivity contribution in [3.05, 3.63) is 170 Å². The fourth-order valence-electron chi connectivity index (χ4n) is 6.75. The maximum Gasteiger partial charge on any atom is 0.135 e. The molecule has 0 unspecified atom stereocenters. The summed E-state index contributed by atoms with van der Waals surface area (Å²) in [6.07, 6.45) is 0. The van der Waals surface area contributed by atoms with E-state index in [1.54, 1.807) is 0 Å². The zero-order valence-corrected chi connectivity index (χ0v) is 24.5. The summed E-state index contributed by atoms with van der Waals surface area (Å²) in [7, 11) is 0. The van der Waals surface area contributed by atoms with E-state index in [0.29, 0.717) is 0 Å². The van der Waals surface area contributed by atoms with Gasteiger partial charge >= 0.3 is 0 Å². The molecule has 0 saturated carbocycles. The first-order chi connectivity index (χ1) is 22.3. The van der Waals surface area contributed by atoms with E-state index in [1.165, 1.54) is 27.4 Å². The van der Waals surface area contributed by atoms with Crippen LogP contribution in [0.15, 0.2) is 174 Å². The van der Waals surface area contributed by atoms with Crippen LogP contribution in [0.2, 0.25) is 0 Å². The minimum Gasteiger partial charge on any atom is -0.456 e. The van der Waals surface area contributed by atoms with Crippen LogP contribution in [0.5, 0.6) is 0 Å². The average Bonchev–Trinajstić information content (AvgIpc) is 3.65. The number of fused-ring (bicyclic) bond motifs is 6. The molecule has 0 saturated heterocycles. The maximum atomic E-state index is 6.24. The second kappa shape index (κ2) is 10.3. The van der Waals surface area contributed by atoms with Gasteiger partial charge in [0.25, 0.3) is 0 Å². The number of benzene rings is 7. The highest BCUT2D eigenvalue weighted by atomic mass is 16.3. The topological polar surface area (TPSA) is 21.3 Å². The van der Waals surface area contributed by atoms with Gasteiger partial charge in [-0.05, 0) is 77.9 Å². The van der Waals surface area contributed by atoms with Gasteiger partial charge in [0.05, 0.1) is 16.7 Å². The van der Waals surface area contributed by atoms with Crippen molar-refractivity contribution in [2.24, 2.45) is 0 Å². The molecule has 45 heavy (non-hydrogen) atoms. The molecule has 7 aromatic carbocycles. The van der Waals surface area contributed by atoms with Crippen molar-refractivity contribution in [1.82, 2.24) is 4.57 Å². The maximum absolute atomic E-state index is 6.24. The molecule has 3 heteroatoms. The third-order valence-electron chi connectivity index (χ3n) is 8.74. The number of rotatable bonds is 5. The number of hydrogen-bond acceptors (Lipinski definition) is 2. The van der Waals surface area contributed by atoms with Gasteiger partial charge in [0.1, 0.15) is 11.2 Å². The van der Waals surface area contributed by atoms with Crippen LogP contribution in [0, 0.1) is 0 Å². The molecule has 212 valence electrons. The van der Waals surface area contributed by atoms with Gasteiger partial charge in [-0.3, -0.25) is 0 Å². The third-order valence-corrected chi connectivity index (χ3v) is 8.74. The fourth-order valence-corrected chi connectivity index (χ4v) is 6.75. The first kappa shape index (κ1) is 25.4. The van der Waals surface area contributed by atoms with Gasteiger partial charge in [-0.1, -0.05) is 103 Å². The fraction of sp³-hybridized carbons (Fsp3) is 0. The minimum absolute atomic E-state index is 0.884. The zero-order valence-electron chi connectivity index (χ0n) is 24.5. The largest absolute Gasteiger partial charge is 0.456 e. The van der Waals surface area contributed by atoms with E-state index in [1.807, 2.05) is 12.1 Å². The van der Waals surface area contributed by atoms with Gasteiger partial charge in [0, 0.05) is 38.6 Å². The van der Waals surface area contributed by atoms with Gasteiger partial charge in [-0.25, -0.2) is 0 Å². The Labute approximate surface area is 260 Å². The Morgan fingerprint density at radius 1 is 0.422 bits per heavy atom. The second-order valence-corrected chi connectivity index (χ2v) is 11.4. The average molecular weight is 577 g/mol. The van der Waals surface area contributed by atoms with Crippen LogP contribution in [-0.2, 0) is 0 Å². The summed E-state index contributed by atoms with van der Waals surface area (Å²) in [5.41, 5.74) is 10.8. The van der Waals surface area contributed by atoms with Crippen LogP contribution in [0.1, 0.15) is 0 Å². The van der Waals surface area contributed by atoms with Crippen LogP contribution >= 0.6 is 0 Å². The van der Waals surface area contributed by atoms with E-state index < -0.39 is 0 Å². The van der Waals surface area contributed by atoms with E-state index in [2.05, 4.69) is 167 Å². The number of anilines is 3. The predicted octanol–water partition coefficient (Wildman–Crippen LogP) is 11.8. The minimum atomic E-state index is 0.884. The van der Waals surface area contributed by atoms with E-state index in [0.717, 1.165) is 50.2 Å². The molecule has 3 nitrogen and oxygen atoms in total. The molecule has 0 fully saturated rings. The zero-order chi connectivity index (χ0) is 29.7. The van der Waals surface area contributed by atoms with E-state index in [-0.39, 0.29) is 0 Å². The molecule has 0 aliphatic carbocycles. The number of aromatic nitrogens is 1. The van der Waals surface area contributed by atoms with E-state index >= 15 is 0 Å². The van der Waals surface area contributed by atoms with Crippen molar-refractivity contribution in [1.29, 1.82) is 0 Å². The lowest BCUT2D eigenvalue weighted by molar-refractivity contribution is 0.669. The Kier molecular flexibility index (Phi) is 5.82. The first-order valence-corrected chi connectivity index (χ1v) is 15.3. The van der Waals surface area contributed by atoms with Crippen LogP contribution in [0.25, 0.3) is 60.6 Å². The Hall–Kier alpha value is -6.06. The highest BCUT2D eigenvalue weighted by Crippen LogP contribution is 2.46. The summed E-state index contributed by atoms with van der Waals surface area (Å²) in [4.78, 5) is 2.40. The Bertz CT molecular complexity index is 2470. The molecule has 0 radical (unpaired) electrons. The van der Waals surface area contributed by atoms with Crippen LogP contribution in [0.4, 0.5) is 17.1 Å². The van der Waals surface area contributed by atoms with Crippen molar-refractivity contribution in [2.75, 3.05) is 4.90 Å². The molecule has 0 spiro atoms. The molecular weight excluding hydrogens is 548 g/mol. The normalized spacial score (nSPS) is 11.6. The summed E-state index contributed by atoms with van der Waals surface area (Å²) in [6, 6.07) is 60.3. The highest BCUT2D eigenvalue weighted by Gasteiger charge is 2.23. The summed E-state index contributed by atoms with van der Waals surface area (Å²) in [6.45, 7) is 0. The summed E-state index contributed by atoms with van der Waals surface area (Å²) in [5, 5.41) is 4.65. The number of para-hydroxylation sites is 4. The van der Waals surface area contributed by atoms with Gasteiger partial charge in [0.2, 0.25) is 0 Å². The lowest BCUT2D eigenvalue weighted by atomic mass is 10.00. The molecule has 0 amide bonds. The van der Waals surface area contributed by atoms with Crippen LogP contribution in [0.3, 0.4) is 0 Å². The number of nitrogens with zero attached hydrogens (tertiary/aromatic N) is 2. The molecule has 0 aliphatic heterocycles. The molecule has 9 aromatic rings. The number of furan rings is 1. The molecule has 0 N–H and O–H groups in total. The lowest BCUT2D eigenvalue weighted by Gasteiger charge is -2.28. The Morgan fingerprint density at radius 2 is 1.07 bits per heavy atom. The molecule has 0 bridgehead atoms. The molecule has 9 rings (SSSR count). The van der Waals surface area contributed by atoms with Crippen molar-refractivity contribution < 1.29 is 4.42 Å². The smallest absolute Gasteiger partial charge is 0.135 e. The van der Waals surface area contributed by atoms with Gasteiger partial charge in [-0.2, -0.15) is 0 Å².